The molecule has 2 N–H and O–H groups in total. The van der Waals surface area contributed by atoms with E-state index in [0.29, 0.717) is 6.54 Å². The summed E-state index contributed by atoms with van der Waals surface area (Å²) in [4.78, 5) is 11.6. The summed E-state index contributed by atoms with van der Waals surface area (Å²) in [5.41, 5.74) is 2.53. The number of hydrogen-bond acceptors (Lipinski definition) is 2. The Morgan fingerprint density at radius 3 is 2.53 bits per heavy atom. The molecule has 1 rings (SSSR count). The van der Waals surface area contributed by atoms with Crippen LogP contribution in [-0.2, 0) is 11.2 Å². The largest absolute Gasteiger partial charge is 0.355 e. The van der Waals surface area contributed by atoms with Crippen molar-refractivity contribution in [1.82, 2.24) is 10.6 Å². The van der Waals surface area contributed by atoms with Crippen molar-refractivity contribution in [2.24, 2.45) is 5.92 Å². The zero-order valence-corrected chi connectivity index (χ0v) is 10.9. The molecule has 1 unspecified atom stereocenters. The number of amides is 1. The number of rotatable bonds is 6. The van der Waals surface area contributed by atoms with E-state index in [1.54, 1.807) is 0 Å². The lowest BCUT2D eigenvalue weighted by Gasteiger charge is -2.11. The molecule has 3 heteroatoms. The summed E-state index contributed by atoms with van der Waals surface area (Å²) < 4.78 is 0. The van der Waals surface area contributed by atoms with Gasteiger partial charge in [0.25, 0.3) is 0 Å². The molecule has 0 aliphatic heterocycles. The topological polar surface area (TPSA) is 41.1 Å². The lowest BCUT2D eigenvalue weighted by molar-refractivity contribution is -0.124. The zero-order chi connectivity index (χ0) is 12.7. The van der Waals surface area contributed by atoms with E-state index in [2.05, 4.69) is 41.8 Å². The molecule has 0 aliphatic rings. The zero-order valence-electron chi connectivity index (χ0n) is 10.9. The highest BCUT2D eigenvalue weighted by Gasteiger charge is 2.10. The van der Waals surface area contributed by atoms with E-state index in [9.17, 15) is 4.79 Å². The summed E-state index contributed by atoms with van der Waals surface area (Å²) in [6.07, 6.45) is 0.887. The van der Waals surface area contributed by atoms with Crippen LogP contribution in [0.3, 0.4) is 0 Å². The Bertz CT molecular complexity index is 346. The van der Waals surface area contributed by atoms with Gasteiger partial charge in [-0.1, -0.05) is 36.8 Å². The van der Waals surface area contributed by atoms with Crippen LogP contribution in [0.5, 0.6) is 0 Å². The average Bonchev–Trinajstić information content (AvgIpc) is 2.32. The van der Waals surface area contributed by atoms with E-state index in [-0.39, 0.29) is 11.8 Å². The molecular weight excluding hydrogens is 212 g/mol. The van der Waals surface area contributed by atoms with E-state index >= 15 is 0 Å². The van der Waals surface area contributed by atoms with Gasteiger partial charge in [0.05, 0.1) is 0 Å². The third kappa shape index (κ3) is 5.00. The van der Waals surface area contributed by atoms with Crippen LogP contribution in [0, 0.1) is 12.8 Å². The molecule has 0 aliphatic carbocycles. The fraction of sp³-hybridized carbons (Fsp3) is 0.500. The van der Waals surface area contributed by atoms with Crippen molar-refractivity contribution in [3.8, 4) is 0 Å². The molecule has 1 amide bonds. The number of carbonyl (C=O) groups is 1. The first-order chi connectivity index (χ1) is 8.13. The standard InChI is InChI=1S/C14H22N2O/c1-11-4-6-13(7-5-11)8-9-16-14(17)12(2)10-15-3/h4-7,12,15H,8-10H2,1-3H3,(H,16,17). The van der Waals surface area contributed by atoms with E-state index in [1.807, 2.05) is 14.0 Å². The van der Waals surface area contributed by atoms with Crippen LogP contribution in [0.1, 0.15) is 18.1 Å². The number of hydrogen-bond donors (Lipinski definition) is 2. The van der Waals surface area contributed by atoms with Crippen LogP contribution >= 0.6 is 0 Å². The minimum absolute atomic E-state index is 0.0259. The van der Waals surface area contributed by atoms with E-state index in [0.717, 1.165) is 13.0 Å². The van der Waals surface area contributed by atoms with E-state index in [1.165, 1.54) is 11.1 Å². The highest BCUT2D eigenvalue weighted by molar-refractivity contribution is 5.78. The van der Waals surface area contributed by atoms with Crippen LogP contribution in [0.15, 0.2) is 24.3 Å². The van der Waals surface area contributed by atoms with Crippen molar-refractivity contribution >= 4 is 5.91 Å². The van der Waals surface area contributed by atoms with Crippen LogP contribution in [-0.4, -0.2) is 26.0 Å². The molecule has 0 fully saturated rings. The first kappa shape index (κ1) is 13.7. The fourth-order valence-electron chi connectivity index (χ4n) is 1.66. The third-order valence-corrected chi connectivity index (χ3v) is 2.79. The van der Waals surface area contributed by atoms with Crippen molar-refractivity contribution in [2.75, 3.05) is 20.1 Å². The third-order valence-electron chi connectivity index (χ3n) is 2.79. The van der Waals surface area contributed by atoms with Gasteiger partial charge in [0.1, 0.15) is 0 Å². The Morgan fingerprint density at radius 1 is 1.29 bits per heavy atom. The molecule has 0 bridgehead atoms. The van der Waals surface area contributed by atoms with Gasteiger partial charge < -0.3 is 10.6 Å². The van der Waals surface area contributed by atoms with Crippen LogP contribution in [0.4, 0.5) is 0 Å². The first-order valence-electron chi connectivity index (χ1n) is 6.11. The minimum Gasteiger partial charge on any atom is -0.355 e. The maximum atomic E-state index is 11.6. The lowest BCUT2D eigenvalue weighted by Crippen LogP contribution is -2.35. The number of carbonyl (C=O) groups excluding carboxylic acids is 1. The van der Waals surface area contributed by atoms with Gasteiger partial charge >= 0.3 is 0 Å². The molecule has 17 heavy (non-hydrogen) atoms. The Balaban J connectivity index is 2.28. The molecule has 0 saturated heterocycles. The number of benzene rings is 1. The van der Waals surface area contributed by atoms with Crippen molar-refractivity contribution in [2.45, 2.75) is 20.3 Å². The van der Waals surface area contributed by atoms with Gasteiger partial charge in [0, 0.05) is 19.0 Å². The summed E-state index contributed by atoms with van der Waals surface area (Å²) in [5.74, 6) is 0.143. The monoisotopic (exact) mass is 234 g/mol. The first-order valence-corrected chi connectivity index (χ1v) is 6.11. The molecule has 3 nitrogen and oxygen atoms in total. The Hall–Kier alpha value is -1.35. The molecule has 0 saturated carbocycles. The van der Waals surface area contributed by atoms with E-state index in [4.69, 9.17) is 0 Å². The van der Waals surface area contributed by atoms with E-state index < -0.39 is 0 Å². The van der Waals surface area contributed by atoms with Gasteiger partial charge in [0.15, 0.2) is 0 Å². The minimum atomic E-state index is 0.0259. The summed E-state index contributed by atoms with van der Waals surface area (Å²) in [6, 6.07) is 8.42. The normalized spacial score (nSPS) is 12.2. The predicted molar refractivity (Wildman–Crippen MR) is 71.0 cm³/mol. The maximum absolute atomic E-state index is 11.6. The molecule has 0 spiro atoms. The second-order valence-corrected chi connectivity index (χ2v) is 4.49. The lowest BCUT2D eigenvalue weighted by atomic mass is 10.1. The molecule has 0 radical (unpaired) electrons. The molecule has 1 atom stereocenters. The van der Waals surface area contributed by atoms with Gasteiger partial charge in [-0.25, -0.2) is 0 Å². The number of aryl methyl sites for hydroxylation is 1. The molecule has 1 aromatic rings. The van der Waals surface area contributed by atoms with Crippen molar-refractivity contribution in [3.05, 3.63) is 35.4 Å². The number of nitrogens with one attached hydrogen (secondary N) is 2. The predicted octanol–water partition coefficient (Wildman–Crippen LogP) is 1.51. The van der Waals surface area contributed by atoms with Gasteiger partial charge in [-0.3, -0.25) is 4.79 Å². The van der Waals surface area contributed by atoms with Crippen molar-refractivity contribution < 1.29 is 4.79 Å². The SMILES string of the molecule is CNCC(C)C(=O)NCCc1ccc(C)cc1. The quantitative estimate of drug-likeness (QED) is 0.783. The highest BCUT2D eigenvalue weighted by Crippen LogP contribution is 2.03. The van der Waals surface area contributed by atoms with Crippen molar-refractivity contribution in [3.63, 3.8) is 0 Å². The Morgan fingerprint density at radius 2 is 1.94 bits per heavy atom. The van der Waals surface area contributed by atoms with Gasteiger partial charge in [0.2, 0.25) is 5.91 Å². The molecular formula is C14H22N2O. The second-order valence-electron chi connectivity index (χ2n) is 4.49. The molecule has 0 heterocycles. The van der Waals surface area contributed by atoms with Gasteiger partial charge in [-0.05, 0) is 26.0 Å². The Kier molecular flexibility index (Phi) is 5.70. The van der Waals surface area contributed by atoms with Crippen LogP contribution < -0.4 is 10.6 Å². The van der Waals surface area contributed by atoms with Crippen LogP contribution in [0.25, 0.3) is 0 Å². The van der Waals surface area contributed by atoms with Gasteiger partial charge in [-0.15, -0.1) is 0 Å². The highest BCUT2D eigenvalue weighted by atomic mass is 16.1. The average molecular weight is 234 g/mol. The fourth-order valence-corrected chi connectivity index (χ4v) is 1.66. The summed E-state index contributed by atoms with van der Waals surface area (Å²) in [5, 5.41) is 5.95. The molecule has 94 valence electrons. The summed E-state index contributed by atoms with van der Waals surface area (Å²) >= 11 is 0. The van der Waals surface area contributed by atoms with Crippen molar-refractivity contribution in [1.29, 1.82) is 0 Å². The maximum Gasteiger partial charge on any atom is 0.224 e. The Labute approximate surface area is 104 Å². The van der Waals surface area contributed by atoms with Crippen LogP contribution in [0.2, 0.25) is 0 Å². The second kappa shape index (κ2) is 7.07. The van der Waals surface area contributed by atoms with Gasteiger partial charge in [-0.2, -0.15) is 0 Å². The smallest absolute Gasteiger partial charge is 0.224 e. The molecule has 0 aromatic heterocycles. The summed E-state index contributed by atoms with van der Waals surface area (Å²) in [7, 11) is 1.86. The molecule has 1 aromatic carbocycles. The summed E-state index contributed by atoms with van der Waals surface area (Å²) in [6.45, 7) is 5.43.